The van der Waals surface area contributed by atoms with Crippen LogP contribution >= 0.6 is 23.5 Å². The molecule has 2 atom stereocenters. The van der Waals surface area contributed by atoms with E-state index in [0.717, 1.165) is 24.6 Å². The number of carbonyl (C=O) groups excluding carboxylic acids is 2. The fraction of sp³-hybridized carbons (Fsp3) is 0.643. The Morgan fingerprint density at radius 1 is 1.27 bits per heavy atom. The Labute approximate surface area is 138 Å². The monoisotopic (exact) mass is 340 g/mol. The van der Waals surface area contributed by atoms with Gasteiger partial charge in [-0.05, 0) is 13.0 Å². The predicted octanol–water partition coefficient (Wildman–Crippen LogP) is 0.921. The Kier molecular flexibility index (Phi) is 4.97. The first-order valence-electron chi connectivity index (χ1n) is 7.42. The summed E-state index contributed by atoms with van der Waals surface area (Å²) >= 11 is 3.53. The molecule has 2 fully saturated rings. The summed E-state index contributed by atoms with van der Waals surface area (Å²) in [7, 11) is 0. The summed E-state index contributed by atoms with van der Waals surface area (Å²) < 4.78 is 1.64. The van der Waals surface area contributed by atoms with Gasteiger partial charge in [0.05, 0.1) is 5.88 Å². The van der Waals surface area contributed by atoms with Crippen LogP contribution in [0.5, 0.6) is 0 Å². The average molecular weight is 340 g/mol. The van der Waals surface area contributed by atoms with Crippen molar-refractivity contribution in [3.05, 3.63) is 18.5 Å². The van der Waals surface area contributed by atoms with Gasteiger partial charge < -0.3 is 9.80 Å². The van der Waals surface area contributed by atoms with Crippen LogP contribution in [-0.4, -0.2) is 73.7 Å². The molecular weight excluding hydrogens is 320 g/mol. The van der Waals surface area contributed by atoms with Gasteiger partial charge >= 0.3 is 0 Å². The molecule has 3 rings (SSSR count). The molecule has 0 N–H and O–H groups in total. The van der Waals surface area contributed by atoms with Gasteiger partial charge in [-0.3, -0.25) is 14.3 Å². The molecule has 0 aliphatic carbocycles. The molecule has 120 valence electrons. The van der Waals surface area contributed by atoms with E-state index in [1.807, 2.05) is 23.6 Å². The van der Waals surface area contributed by atoms with Crippen LogP contribution in [0.2, 0.25) is 0 Å². The molecule has 1 aromatic heterocycles. The summed E-state index contributed by atoms with van der Waals surface area (Å²) in [6, 6.07) is 1.11. The second-order valence-corrected chi connectivity index (χ2v) is 7.65. The van der Waals surface area contributed by atoms with E-state index in [-0.39, 0.29) is 23.9 Å². The molecular formula is C14H20N4O2S2. The second-order valence-electron chi connectivity index (χ2n) is 5.42. The lowest BCUT2D eigenvalue weighted by molar-refractivity contribution is -0.144. The second kappa shape index (κ2) is 6.95. The zero-order chi connectivity index (χ0) is 15.5. The molecule has 2 saturated heterocycles. The molecule has 0 radical (unpaired) electrons. The van der Waals surface area contributed by atoms with Gasteiger partial charge in [0.1, 0.15) is 12.1 Å². The summed E-state index contributed by atoms with van der Waals surface area (Å²) in [6.07, 6.45) is 3.45. The first kappa shape index (κ1) is 15.7. The van der Waals surface area contributed by atoms with Crippen LogP contribution in [0.4, 0.5) is 0 Å². The van der Waals surface area contributed by atoms with Crippen molar-refractivity contribution in [1.29, 1.82) is 0 Å². The summed E-state index contributed by atoms with van der Waals surface area (Å²) in [5.41, 5.74) is 0. The van der Waals surface area contributed by atoms with Crippen molar-refractivity contribution >= 4 is 35.3 Å². The Bertz CT molecular complexity index is 531. The molecule has 0 bridgehead atoms. The lowest BCUT2D eigenvalue weighted by Gasteiger charge is -2.32. The molecule has 0 spiro atoms. The van der Waals surface area contributed by atoms with Gasteiger partial charge in [-0.2, -0.15) is 16.9 Å². The van der Waals surface area contributed by atoms with Gasteiger partial charge in [-0.15, -0.1) is 11.8 Å². The maximum Gasteiger partial charge on any atom is 0.248 e. The number of thioether (sulfide) groups is 2. The van der Waals surface area contributed by atoms with Crippen LogP contribution in [-0.2, 0) is 9.59 Å². The predicted molar refractivity (Wildman–Crippen MR) is 88.8 cm³/mol. The third-order valence-electron chi connectivity index (χ3n) is 4.05. The average Bonchev–Trinajstić information content (AvgIpc) is 3.24. The highest BCUT2D eigenvalue weighted by molar-refractivity contribution is 7.99. The lowest BCUT2D eigenvalue weighted by Crippen LogP contribution is -2.52. The van der Waals surface area contributed by atoms with E-state index >= 15 is 0 Å². The minimum atomic E-state index is -0.374. The molecule has 2 amide bonds. The van der Waals surface area contributed by atoms with E-state index in [9.17, 15) is 9.59 Å². The minimum Gasteiger partial charge on any atom is -0.339 e. The normalized spacial score (nSPS) is 23.6. The number of hydrogen-bond donors (Lipinski definition) is 0. The molecule has 0 aromatic carbocycles. The molecule has 2 aliphatic rings. The van der Waals surface area contributed by atoms with E-state index in [1.165, 1.54) is 0 Å². The van der Waals surface area contributed by atoms with Crippen molar-refractivity contribution in [2.75, 3.05) is 36.2 Å². The summed E-state index contributed by atoms with van der Waals surface area (Å²) in [5, 5.41) is 4.13. The summed E-state index contributed by atoms with van der Waals surface area (Å²) in [5.74, 6) is 3.33. The number of hydrogen-bond acceptors (Lipinski definition) is 5. The number of amides is 2. The highest BCUT2D eigenvalue weighted by atomic mass is 32.2. The van der Waals surface area contributed by atoms with Crippen molar-refractivity contribution < 1.29 is 9.59 Å². The van der Waals surface area contributed by atoms with Crippen LogP contribution in [0.1, 0.15) is 13.0 Å². The maximum atomic E-state index is 12.7. The van der Waals surface area contributed by atoms with Crippen LogP contribution in [0, 0.1) is 0 Å². The van der Waals surface area contributed by atoms with Gasteiger partial charge in [0, 0.05) is 42.7 Å². The third kappa shape index (κ3) is 3.12. The van der Waals surface area contributed by atoms with E-state index in [2.05, 4.69) is 5.10 Å². The van der Waals surface area contributed by atoms with E-state index < -0.39 is 0 Å². The maximum absolute atomic E-state index is 12.7. The Morgan fingerprint density at radius 2 is 2.05 bits per heavy atom. The minimum absolute atomic E-state index is 0.0292. The third-order valence-corrected chi connectivity index (χ3v) is 6.01. The van der Waals surface area contributed by atoms with Gasteiger partial charge in [-0.25, -0.2) is 0 Å². The Balaban J connectivity index is 1.69. The fourth-order valence-corrected chi connectivity index (χ4v) is 4.78. The molecule has 2 aliphatic heterocycles. The van der Waals surface area contributed by atoms with Crippen molar-refractivity contribution in [3.63, 3.8) is 0 Å². The molecule has 0 unspecified atom stereocenters. The number of nitrogens with zero attached hydrogens (tertiary/aromatic N) is 4. The van der Waals surface area contributed by atoms with Gasteiger partial charge in [0.15, 0.2) is 0 Å². The van der Waals surface area contributed by atoms with Crippen LogP contribution in [0.15, 0.2) is 18.5 Å². The van der Waals surface area contributed by atoms with Crippen LogP contribution in [0.3, 0.4) is 0 Å². The molecule has 3 heterocycles. The zero-order valence-corrected chi connectivity index (χ0v) is 14.2. The highest BCUT2D eigenvalue weighted by Crippen LogP contribution is 2.26. The smallest absolute Gasteiger partial charge is 0.248 e. The van der Waals surface area contributed by atoms with E-state index in [0.29, 0.717) is 11.6 Å². The molecule has 6 nitrogen and oxygen atoms in total. The topological polar surface area (TPSA) is 58.4 Å². The Hall–Kier alpha value is -1.15. The first-order chi connectivity index (χ1) is 10.7. The lowest BCUT2D eigenvalue weighted by atomic mass is 10.2. The number of carbonyl (C=O) groups is 2. The van der Waals surface area contributed by atoms with Crippen molar-refractivity contribution in [1.82, 2.24) is 19.6 Å². The van der Waals surface area contributed by atoms with Crippen molar-refractivity contribution in [2.45, 2.75) is 19.0 Å². The van der Waals surface area contributed by atoms with Crippen LogP contribution < -0.4 is 0 Å². The number of rotatable bonds is 3. The quantitative estimate of drug-likeness (QED) is 0.819. The van der Waals surface area contributed by atoms with Crippen LogP contribution in [0.25, 0.3) is 0 Å². The number of aromatic nitrogens is 2. The highest BCUT2D eigenvalue weighted by Gasteiger charge is 2.39. The molecule has 1 aromatic rings. The van der Waals surface area contributed by atoms with Gasteiger partial charge in [-0.1, -0.05) is 0 Å². The Morgan fingerprint density at radius 3 is 2.73 bits per heavy atom. The standard InChI is InChI=1S/C14H20N4O2S2/c1-11(18-4-2-3-15-18)13(19)17-10-22-9-12(17)14(20)16-5-7-21-8-6-16/h2-4,11-12H,5-10H2,1H3/t11-,12+/m1/s1. The SMILES string of the molecule is C[C@H](C(=O)N1CSC[C@H]1C(=O)N1CCSCC1)n1cccn1. The summed E-state index contributed by atoms with van der Waals surface area (Å²) in [6.45, 7) is 3.42. The largest absolute Gasteiger partial charge is 0.339 e. The first-order valence-corrected chi connectivity index (χ1v) is 9.73. The van der Waals surface area contributed by atoms with Crippen molar-refractivity contribution in [3.8, 4) is 0 Å². The summed E-state index contributed by atoms with van der Waals surface area (Å²) in [4.78, 5) is 29.1. The molecule has 8 heteroatoms. The van der Waals surface area contributed by atoms with Gasteiger partial charge in [0.25, 0.3) is 0 Å². The molecule has 22 heavy (non-hydrogen) atoms. The van der Waals surface area contributed by atoms with E-state index in [1.54, 1.807) is 39.8 Å². The van der Waals surface area contributed by atoms with Gasteiger partial charge in [0.2, 0.25) is 11.8 Å². The van der Waals surface area contributed by atoms with E-state index in [4.69, 9.17) is 0 Å². The fourth-order valence-electron chi connectivity index (χ4n) is 2.72. The van der Waals surface area contributed by atoms with Crippen molar-refractivity contribution in [2.24, 2.45) is 0 Å². The zero-order valence-electron chi connectivity index (χ0n) is 12.6. The molecule has 0 saturated carbocycles.